The molecule has 0 aliphatic carbocycles. The predicted octanol–water partition coefficient (Wildman–Crippen LogP) is 3.21. The molecule has 2 heterocycles. The van der Waals surface area contributed by atoms with E-state index >= 15 is 0 Å². The molecule has 0 spiro atoms. The van der Waals surface area contributed by atoms with Crippen molar-refractivity contribution in [2.45, 2.75) is 26.8 Å². The highest BCUT2D eigenvalue weighted by atomic mass is 32.1. The molecule has 2 aromatic carbocycles. The molecular formula is C26H26N2O5S. The average molecular weight is 479 g/mol. The smallest absolute Gasteiger partial charge is 0.338 e. The van der Waals surface area contributed by atoms with Crippen molar-refractivity contribution in [1.82, 2.24) is 4.57 Å². The summed E-state index contributed by atoms with van der Waals surface area (Å²) in [5.74, 6) is 0.979. The van der Waals surface area contributed by atoms with Crippen molar-refractivity contribution in [3.8, 4) is 11.5 Å². The number of carbonyl (C=O) groups excluding carboxylic acids is 1. The molecule has 34 heavy (non-hydrogen) atoms. The van der Waals surface area contributed by atoms with Gasteiger partial charge < -0.3 is 14.2 Å². The second-order valence-corrected chi connectivity index (χ2v) is 8.59. The number of fused-ring (bicyclic) bond motifs is 1. The molecule has 1 aliphatic heterocycles. The van der Waals surface area contributed by atoms with Crippen molar-refractivity contribution < 1.29 is 19.0 Å². The normalized spacial score (nSPS) is 15.5. The Hall–Kier alpha value is -3.65. The van der Waals surface area contributed by atoms with E-state index in [9.17, 15) is 9.59 Å². The van der Waals surface area contributed by atoms with Crippen LogP contribution in [-0.4, -0.2) is 30.9 Å². The number of nitrogens with zero attached hydrogens (tertiary/aromatic N) is 2. The Bertz CT molecular complexity index is 1400. The van der Waals surface area contributed by atoms with Gasteiger partial charge in [0.05, 0.1) is 42.2 Å². The zero-order valence-electron chi connectivity index (χ0n) is 19.5. The van der Waals surface area contributed by atoms with Crippen LogP contribution in [0.3, 0.4) is 0 Å². The highest BCUT2D eigenvalue weighted by Crippen LogP contribution is 2.31. The van der Waals surface area contributed by atoms with Crippen LogP contribution < -0.4 is 24.4 Å². The molecular weight excluding hydrogens is 452 g/mol. The van der Waals surface area contributed by atoms with E-state index in [0.29, 0.717) is 27.2 Å². The van der Waals surface area contributed by atoms with Gasteiger partial charge in [-0.25, -0.2) is 9.79 Å². The third-order valence-electron chi connectivity index (χ3n) is 5.44. The molecule has 4 rings (SSSR count). The number of carbonyl (C=O) groups is 1. The summed E-state index contributed by atoms with van der Waals surface area (Å²) in [6.45, 7) is 6.22. The van der Waals surface area contributed by atoms with Gasteiger partial charge in [-0.3, -0.25) is 9.36 Å². The van der Waals surface area contributed by atoms with Gasteiger partial charge in [0.25, 0.3) is 5.56 Å². The van der Waals surface area contributed by atoms with E-state index in [0.717, 1.165) is 22.6 Å². The van der Waals surface area contributed by atoms with E-state index in [2.05, 4.69) is 4.99 Å². The van der Waals surface area contributed by atoms with E-state index < -0.39 is 12.0 Å². The molecule has 0 radical (unpaired) electrons. The maximum Gasteiger partial charge on any atom is 0.338 e. The third kappa shape index (κ3) is 4.54. The quantitative estimate of drug-likeness (QED) is 0.488. The number of methoxy groups -OCH3 is 1. The number of hydrogen-bond donors (Lipinski definition) is 0. The maximum absolute atomic E-state index is 13.6. The second-order valence-electron chi connectivity index (χ2n) is 7.58. The molecule has 0 unspecified atom stereocenters. The molecule has 0 saturated carbocycles. The van der Waals surface area contributed by atoms with Gasteiger partial charge in [0.2, 0.25) is 0 Å². The first-order chi connectivity index (χ1) is 16.5. The molecule has 1 atom stereocenters. The van der Waals surface area contributed by atoms with Crippen molar-refractivity contribution in [3.05, 3.63) is 90.6 Å². The van der Waals surface area contributed by atoms with E-state index in [1.807, 2.05) is 61.5 Å². The lowest BCUT2D eigenvalue weighted by Crippen LogP contribution is -2.39. The monoisotopic (exact) mass is 478 g/mol. The first kappa shape index (κ1) is 23.5. The Morgan fingerprint density at radius 1 is 1.06 bits per heavy atom. The zero-order chi connectivity index (χ0) is 24.2. The lowest BCUT2D eigenvalue weighted by Gasteiger charge is -2.24. The summed E-state index contributed by atoms with van der Waals surface area (Å²) < 4.78 is 18.2. The van der Waals surface area contributed by atoms with Crippen LogP contribution in [0.25, 0.3) is 6.08 Å². The molecule has 8 heteroatoms. The topological polar surface area (TPSA) is 79.1 Å². The number of ether oxygens (including phenoxy) is 3. The van der Waals surface area contributed by atoms with Crippen molar-refractivity contribution in [2.75, 3.05) is 20.3 Å². The third-order valence-corrected chi connectivity index (χ3v) is 6.42. The molecule has 0 saturated heterocycles. The Morgan fingerprint density at radius 3 is 2.35 bits per heavy atom. The summed E-state index contributed by atoms with van der Waals surface area (Å²) in [5.41, 5.74) is 2.32. The van der Waals surface area contributed by atoms with Crippen LogP contribution in [0.2, 0.25) is 0 Å². The number of allylic oxidation sites excluding steroid dienone is 1. The fourth-order valence-corrected chi connectivity index (χ4v) is 4.92. The van der Waals surface area contributed by atoms with Crippen LogP contribution in [0.1, 0.15) is 37.9 Å². The lowest BCUT2D eigenvalue weighted by molar-refractivity contribution is -0.139. The largest absolute Gasteiger partial charge is 0.497 e. The highest BCUT2D eigenvalue weighted by Gasteiger charge is 2.33. The van der Waals surface area contributed by atoms with E-state index in [-0.39, 0.29) is 12.2 Å². The highest BCUT2D eigenvalue weighted by molar-refractivity contribution is 7.07. The van der Waals surface area contributed by atoms with E-state index in [1.165, 1.54) is 11.3 Å². The summed E-state index contributed by atoms with van der Waals surface area (Å²) in [6, 6.07) is 14.2. The van der Waals surface area contributed by atoms with Crippen molar-refractivity contribution in [1.29, 1.82) is 0 Å². The SMILES string of the molecule is CCOC(=O)C1=C(C)N=c2s/c(=C\c3ccc(OC)cc3)c(=O)n2[C@H]1c1ccc(OCC)cc1. The zero-order valence-corrected chi connectivity index (χ0v) is 20.3. The average Bonchev–Trinajstić information content (AvgIpc) is 3.14. The molecule has 0 bridgehead atoms. The van der Waals surface area contributed by atoms with Crippen LogP contribution >= 0.6 is 11.3 Å². The van der Waals surface area contributed by atoms with Crippen LogP contribution in [0, 0.1) is 0 Å². The van der Waals surface area contributed by atoms with Gasteiger partial charge in [-0.1, -0.05) is 35.6 Å². The molecule has 1 aliphatic rings. The maximum atomic E-state index is 13.6. The minimum absolute atomic E-state index is 0.215. The Morgan fingerprint density at radius 2 is 1.74 bits per heavy atom. The molecule has 176 valence electrons. The Balaban J connectivity index is 1.88. The van der Waals surface area contributed by atoms with Gasteiger partial charge in [-0.05, 0) is 62.2 Å². The lowest BCUT2D eigenvalue weighted by atomic mass is 9.96. The molecule has 7 nitrogen and oxygen atoms in total. The number of rotatable bonds is 7. The van der Waals surface area contributed by atoms with Crippen molar-refractivity contribution in [2.24, 2.45) is 4.99 Å². The molecule has 0 amide bonds. The van der Waals surface area contributed by atoms with Gasteiger partial charge in [0.15, 0.2) is 4.80 Å². The fourth-order valence-electron chi connectivity index (χ4n) is 3.87. The number of benzene rings is 2. The second kappa shape index (κ2) is 10.1. The Labute approximate surface area is 201 Å². The van der Waals surface area contributed by atoms with Crippen molar-refractivity contribution >= 4 is 23.4 Å². The van der Waals surface area contributed by atoms with Crippen LogP contribution in [0.15, 0.2) is 69.6 Å². The minimum Gasteiger partial charge on any atom is -0.497 e. The van der Waals surface area contributed by atoms with Gasteiger partial charge in [-0.15, -0.1) is 0 Å². The molecule has 0 fully saturated rings. The number of hydrogen-bond acceptors (Lipinski definition) is 7. The minimum atomic E-state index is -0.649. The van der Waals surface area contributed by atoms with Gasteiger partial charge in [-0.2, -0.15) is 0 Å². The summed E-state index contributed by atoms with van der Waals surface area (Å²) in [6.07, 6.45) is 1.82. The summed E-state index contributed by atoms with van der Waals surface area (Å²) in [4.78, 5) is 31.7. The summed E-state index contributed by atoms with van der Waals surface area (Å²) >= 11 is 1.29. The summed E-state index contributed by atoms with van der Waals surface area (Å²) in [7, 11) is 1.61. The standard InChI is InChI=1S/C26H26N2O5S/c1-5-32-20-13-9-18(10-14-20)23-22(25(30)33-6-2)16(3)27-26-28(23)24(29)21(34-26)15-17-7-11-19(31-4)12-8-17/h7-15,23H,5-6H2,1-4H3/b21-15-/t23-/m0/s1. The van der Waals surface area contributed by atoms with Crippen LogP contribution in [-0.2, 0) is 9.53 Å². The number of esters is 1. The first-order valence-electron chi connectivity index (χ1n) is 11.0. The van der Waals surface area contributed by atoms with Crippen LogP contribution in [0.5, 0.6) is 11.5 Å². The predicted molar refractivity (Wildman–Crippen MR) is 131 cm³/mol. The summed E-state index contributed by atoms with van der Waals surface area (Å²) in [5, 5.41) is 0. The molecule has 1 aromatic heterocycles. The van der Waals surface area contributed by atoms with Crippen molar-refractivity contribution in [3.63, 3.8) is 0 Å². The van der Waals surface area contributed by atoms with Gasteiger partial charge in [0.1, 0.15) is 11.5 Å². The van der Waals surface area contributed by atoms with Crippen LogP contribution in [0.4, 0.5) is 0 Å². The van der Waals surface area contributed by atoms with E-state index in [4.69, 9.17) is 14.2 Å². The van der Waals surface area contributed by atoms with E-state index in [1.54, 1.807) is 25.5 Å². The number of aromatic nitrogens is 1. The first-order valence-corrected chi connectivity index (χ1v) is 11.8. The molecule has 3 aromatic rings. The fraction of sp³-hybridized carbons (Fsp3) is 0.269. The molecule has 0 N–H and O–H groups in total. The Kier molecular flexibility index (Phi) is 6.98. The van der Waals surface area contributed by atoms with Gasteiger partial charge in [0, 0.05) is 0 Å². The number of thiazole rings is 1. The van der Waals surface area contributed by atoms with Gasteiger partial charge >= 0.3 is 5.97 Å².